The molecule has 1 heterocycles. The molecule has 0 aliphatic heterocycles. The highest BCUT2D eigenvalue weighted by molar-refractivity contribution is 6.06. The number of amides is 1. The average Bonchev–Trinajstić information content (AvgIpc) is 3.39. The fourth-order valence-corrected chi connectivity index (χ4v) is 5.22. The number of phenolic OH excluding ortho intramolecular Hbond substituents is 1. The Morgan fingerprint density at radius 3 is 2.86 bits per heavy atom. The summed E-state index contributed by atoms with van der Waals surface area (Å²) in [5.41, 5.74) is 1.04. The minimum Gasteiger partial charge on any atom is -0.508 e. The Morgan fingerprint density at radius 1 is 1.21 bits per heavy atom. The summed E-state index contributed by atoms with van der Waals surface area (Å²) in [7, 11) is 0. The number of carboxylic acid groups (broad SMARTS) is 1. The van der Waals surface area contributed by atoms with Crippen molar-refractivity contribution >= 4 is 22.8 Å². The van der Waals surface area contributed by atoms with E-state index in [1.165, 1.54) is 12.7 Å². The molecule has 1 amide bonds. The summed E-state index contributed by atoms with van der Waals surface area (Å²) in [6.07, 6.45) is 7.80. The molecular weight excluding hydrogens is 374 g/mol. The number of aromatic hydroxyl groups is 1. The second kappa shape index (κ2) is 8.45. The number of nitrogens with one attached hydrogen (secondary N) is 1. The topological polar surface area (TPSA) is 109 Å². The molecular formula is C22H27NO6. The minimum atomic E-state index is -0.944. The number of fused-ring (bicyclic) bond motifs is 3. The Labute approximate surface area is 169 Å². The number of aliphatic carboxylic acids is 1. The molecule has 2 aliphatic carbocycles. The van der Waals surface area contributed by atoms with E-state index >= 15 is 0 Å². The number of ether oxygens (including phenoxy) is 1. The van der Waals surface area contributed by atoms with E-state index in [1.807, 2.05) is 0 Å². The fourth-order valence-electron chi connectivity index (χ4n) is 5.22. The molecule has 156 valence electrons. The SMILES string of the molecule is O=C(O)COCCCC[C@H]1[C@H]2CC[C@H](C2)[C@@H]1NC(=O)c1coc2ccc(O)cc12. The molecule has 2 aromatic rings. The molecule has 3 N–H and O–H groups in total. The number of benzene rings is 1. The van der Waals surface area contributed by atoms with Crippen molar-refractivity contribution in [1.82, 2.24) is 5.32 Å². The molecule has 2 fully saturated rings. The highest BCUT2D eigenvalue weighted by Gasteiger charge is 2.47. The van der Waals surface area contributed by atoms with Gasteiger partial charge in [-0.2, -0.15) is 0 Å². The van der Waals surface area contributed by atoms with Crippen LogP contribution in [0.5, 0.6) is 5.75 Å². The summed E-state index contributed by atoms with van der Waals surface area (Å²) in [4.78, 5) is 23.4. The maximum atomic E-state index is 13.0. The highest BCUT2D eigenvalue weighted by Crippen LogP contribution is 2.50. The number of carboxylic acids is 1. The molecule has 2 saturated carbocycles. The van der Waals surface area contributed by atoms with Crippen LogP contribution >= 0.6 is 0 Å². The molecule has 2 bridgehead atoms. The third-order valence-electron chi connectivity index (χ3n) is 6.49. The van der Waals surface area contributed by atoms with E-state index in [9.17, 15) is 14.7 Å². The highest BCUT2D eigenvalue weighted by atomic mass is 16.5. The van der Waals surface area contributed by atoms with Gasteiger partial charge in [-0.25, -0.2) is 4.79 Å². The number of phenols is 1. The summed E-state index contributed by atoms with van der Waals surface area (Å²) in [6, 6.07) is 4.92. The van der Waals surface area contributed by atoms with Crippen LogP contribution in [0.15, 0.2) is 28.9 Å². The third-order valence-corrected chi connectivity index (χ3v) is 6.49. The van der Waals surface area contributed by atoms with Crippen LogP contribution < -0.4 is 5.32 Å². The lowest BCUT2D eigenvalue weighted by molar-refractivity contribution is -0.142. The van der Waals surface area contributed by atoms with E-state index in [4.69, 9.17) is 14.3 Å². The second-order valence-electron chi connectivity index (χ2n) is 8.27. The van der Waals surface area contributed by atoms with E-state index in [1.54, 1.807) is 18.2 Å². The van der Waals surface area contributed by atoms with Crippen molar-refractivity contribution in [3.05, 3.63) is 30.0 Å². The van der Waals surface area contributed by atoms with Crippen molar-refractivity contribution in [1.29, 1.82) is 0 Å². The van der Waals surface area contributed by atoms with Crippen molar-refractivity contribution in [2.75, 3.05) is 13.2 Å². The predicted molar refractivity (Wildman–Crippen MR) is 106 cm³/mol. The number of rotatable bonds is 9. The number of hydrogen-bond donors (Lipinski definition) is 3. The number of carbonyl (C=O) groups excluding carboxylic acids is 1. The van der Waals surface area contributed by atoms with Crippen molar-refractivity contribution in [2.24, 2.45) is 17.8 Å². The lowest BCUT2D eigenvalue weighted by Gasteiger charge is -2.32. The Morgan fingerprint density at radius 2 is 2.03 bits per heavy atom. The Bertz CT molecular complexity index is 891. The molecule has 2 aliphatic rings. The van der Waals surface area contributed by atoms with Gasteiger partial charge < -0.3 is 24.7 Å². The minimum absolute atomic E-state index is 0.107. The van der Waals surface area contributed by atoms with Crippen LogP contribution in [0.1, 0.15) is 48.9 Å². The summed E-state index contributed by atoms with van der Waals surface area (Å²) < 4.78 is 10.6. The standard InChI is InChI=1S/C22H27NO6/c24-15-6-7-19-17(10-15)18(11-29-19)22(27)23-21-14-5-4-13(9-14)16(21)3-1-2-8-28-12-20(25)26/h6-7,10-11,13-14,16,21,24H,1-5,8-9,12H2,(H,23,27)(H,25,26)/t13-,14+,16-,21-/m0/s1. The average molecular weight is 401 g/mol. The summed E-state index contributed by atoms with van der Waals surface area (Å²) >= 11 is 0. The molecule has 7 heteroatoms. The van der Waals surface area contributed by atoms with Crippen LogP contribution in [-0.2, 0) is 9.53 Å². The Balaban J connectivity index is 1.36. The molecule has 4 atom stereocenters. The van der Waals surface area contributed by atoms with Crippen LogP contribution in [0.4, 0.5) is 0 Å². The zero-order valence-corrected chi connectivity index (χ0v) is 16.3. The van der Waals surface area contributed by atoms with Crippen molar-refractivity contribution in [2.45, 2.75) is 44.6 Å². The van der Waals surface area contributed by atoms with Crippen LogP contribution in [0.3, 0.4) is 0 Å². The van der Waals surface area contributed by atoms with Crippen LogP contribution in [0.2, 0.25) is 0 Å². The summed E-state index contributed by atoms with van der Waals surface area (Å²) in [5, 5.41) is 22.2. The molecule has 29 heavy (non-hydrogen) atoms. The van der Waals surface area contributed by atoms with Crippen LogP contribution in [0, 0.1) is 17.8 Å². The molecule has 7 nitrogen and oxygen atoms in total. The van der Waals surface area contributed by atoms with Crippen LogP contribution in [0.25, 0.3) is 11.0 Å². The van der Waals surface area contributed by atoms with Gasteiger partial charge in [0.2, 0.25) is 0 Å². The molecule has 4 rings (SSSR count). The number of carbonyl (C=O) groups is 2. The van der Waals surface area contributed by atoms with Gasteiger partial charge >= 0.3 is 5.97 Å². The Kier molecular flexibility index (Phi) is 5.76. The molecule has 1 aromatic heterocycles. The van der Waals surface area contributed by atoms with Gasteiger partial charge in [0, 0.05) is 18.0 Å². The normalized spacial score (nSPS) is 25.5. The van der Waals surface area contributed by atoms with Gasteiger partial charge in [-0.15, -0.1) is 0 Å². The first kappa shape index (κ1) is 19.8. The van der Waals surface area contributed by atoms with Gasteiger partial charge in [-0.1, -0.05) is 6.42 Å². The first-order chi connectivity index (χ1) is 14.0. The molecule has 1 aromatic carbocycles. The van der Waals surface area contributed by atoms with Gasteiger partial charge in [0.1, 0.15) is 24.2 Å². The number of furan rings is 1. The van der Waals surface area contributed by atoms with Crippen molar-refractivity contribution in [3.63, 3.8) is 0 Å². The molecule has 0 saturated heterocycles. The third kappa shape index (κ3) is 4.24. The maximum absolute atomic E-state index is 13.0. The quantitative estimate of drug-likeness (QED) is 0.555. The second-order valence-corrected chi connectivity index (χ2v) is 8.27. The zero-order chi connectivity index (χ0) is 20.4. The van der Waals surface area contributed by atoms with Gasteiger partial charge in [-0.3, -0.25) is 4.79 Å². The smallest absolute Gasteiger partial charge is 0.329 e. The number of unbranched alkanes of at least 4 members (excludes halogenated alkanes) is 1. The lowest BCUT2D eigenvalue weighted by atomic mass is 9.81. The number of hydrogen-bond acceptors (Lipinski definition) is 5. The maximum Gasteiger partial charge on any atom is 0.329 e. The largest absolute Gasteiger partial charge is 0.508 e. The molecule has 0 spiro atoms. The fraction of sp³-hybridized carbons (Fsp3) is 0.545. The summed E-state index contributed by atoms with van der Waals surface area (Å²) in [6.45, 7) is 0.204. The van der Waals surface area contributed by atoms with Crippen molar-refractivity contribution in [3.8, 4) is 5.75 Å². The van der Waals surface area contributed by atoms with E-state index in [0.29, 0.717) is 40.9 Å². The Hall–Kier alpha value is -2.54. The zero-order valence-electron chi connectivity index (χ0n) is 16.3. The van der Waals surface area contributed by atoms with E-state index in [2.05, 4.69) is 5.32 Å². The van der Waals surface area contributed by atoms with Crippen LogP contribution in [-0.4, -0.2) is 41.3 Å². The summed E-state index contributed by atoms with van der Waals surface area (Å²) in [5.74, 6) is 0.626. The molecule has 0 unspecified atom stereocenters. The van der Waals surface area contributed by atoms with E-state index < -0.39 is 5.97 Å². The van der Waals surface area contributed by atoms with E-state index in [0.717, 1.165) is 32.1 Å². The van der Waals surface area contributed by atoms with Crippen molar-refractivity contribution < 1.29 is 29.0 Å². The first-order valence-electron chi connectivity index (χ1n) is 10.3. The van der Waals surface area contributed by atoms with E-state index in [-0.39, 0.29) is 24.3 Å². The van der Waals surface area contributed by atoms with Gasteiger partial charge in [-0.05, 0) is 68.1 Å². The van der Waals surface area contributed by atoms with Gasteiger partial charge in [0.25, 0.3) is 5.91 Å². The first-order valence-corrected chi connectivity index (χ1v) is 10.3. The van der Waals surface area contributed by atoms with Gasteiger partial charge in [0.05, 0.1) is 5.56 Å². The lowest BCUT2D eigenvalue weighted by Crippen LogP contribution is -2.44. The molecule has 0 radical (unpaired) electrons. The monoisotopic (exact) mass is 401 g/mol. The van der Waals surface area contributed by atoms with Gasteiger partial charge in [0.15, 0.2) is 0 Å². The predicted octanol–water partition coefficient (Wildman–Crippen LogP) is 3.55.